The maximum Gasteiger partial charge on any atom is 0.339 e. The smallest absolute Gasteiger partial charge is 0.339 e. The molecule has 0 aliphatic rings. The van der Waals surface area contributed by atoms with Gasteiger partial charge in [-0.2, -0.15) is 0 Å². The van der Waals surface area contributed by atoms with E-state index in [9.17, 15) is 9.59 Å². The van der Waals surface area contributed by atoms with Crippen LogP contribution in [-0.2, 0) is 9.47 Å². The first-order valence-corrected chi connectivity index (χ1v) is 21.1. The van der Waals surface area contributed by atoms with Crippen molar-refractivity contribution < 1.29 is 19.1 Å². The Morgan fingerprint density at radius 1 is 0.354 bits per heavy atom. The van der Waals surface area contributed by atoms with Crippen LogP contribution in [0.5, 0.6) is 0 Å². The number of ether oxygens (including phenoxy) is 2. The van der Waals surface area contributed by atoms with Gasteiger partial charge in [0.1, 0.15) is 0 Å². The Morgan fingerprint density at radius 2 is 0.562 bits per heavy atom. The highest BCUT2D eigenvalue weighted by Crippen LogP contribution is 2.17. The van der Waals surface area contributed by atoms with E-state index in [0.717, 1.165) is 25.7 Å². The highest BCUT2D eigenvalue weighted by molar-refractivity contribution is 6.03. The minimum Gasteiger partial charge on any atom is -0.462 e. The quantitative estimate of drug-likeness (QED) is 0.0526. The first-order valence-electron chi connectivity index (χ1n) is 21.1. The molecule has 0 bridgehead atoms. The van der Waals surface area contributed by atoms with Gasteiger partial charge in [-0.3, -0.25) is 0 Å². The average molecular weight is 671 g/mol. The number of unbranched alkanes of at least 4 members (excludes halogenated alkanes) is 30. The summed E-state index contributed by atoms with van der Waals surface area (Å²) >= 11 is 0. The van der Waals surface area contributed by atoms with E-state index in [1.807, 2.05) is 0 Å². The Kier molecular flexibility index (Phi) is 32.2. The Hall–Kier alpha value is -1.84. The SMILES string of the molecule is CCCCCCCCCCCCCCCCCCOC(=O)c1ccccc1C(=O)OCCCCCCCCCCCCCCCCCC. The van der Waals surface area contributed by atoms with Crippen LogP contribution in [0.3, 0.4) is 0 Å². The second-order valence-corrected chi connectivity index (χ2v) is 14.4. The highest BCUT2D eigenvalue weighted by atomic mass is 16.5. The molecule has 1 rings (SSSR count). The summed E-state index contributed by atoms with van der Waals surface area (Å²) in [5.74, 6) is -0.850. The molecule has 0 heterocycles. The lowest BCUT2D eigenvalue weighted by Crippen LogP contribution is -2.15. The van der Waals surface area contributed by atoms with E-state index in [0.29, 0.717) is 24.3 Å². The normalized spacial score (nSPS) is 11.2. The zero-order chi connectivity index (χ0) is 34.6. The molecule has 0 spiro atoms. The summed E-state index contributed by atoms with van der Waals surface area (Å²) in [5.41, 5.74) is 0.622. The van der Waals surface area contributed by atoms with Crippen molar-refractivity contribution in [3.05, 3.63) is 35.4 Å². The van der Waals surface area contributed by atoms with Crippen LogP contribution in [0.1, 0.15) is 240 Å². The maximum absolute atomic E-state index is 12.7. The van der Waals surface area contributed by atoms with Crippen molar-refractivity contribution in [2.45, 2.75) is 219 Å². The van der Waals surface area contributed by atoms with E-state index in [-0.39, 0.29) is 0 Å². The molecular weight excluding hydrogens is 592 g/mol. The highest BCUT2D eigenvalue weighted by Gasteiger charge is 2.18. The molecule has 0 saturated heterocycles. The molecular formula is C44H78O4. The molecule has 4 heteroatoms. The van der Waals surface area contributed by atoms with Crippen LogP contribution in [-0.4, -0.2) is 25.2 Å². The van der Waals surface area contributed by atoms with Gasteiger partial charge in [0.05, 0.1) is 24.3 Å². The second-order valence-electron chi connectivity index (χ2n) is 14.4. The summed E-state index contributed by atoms with van der Waals surface area (Å²) in [6, 6.07) is 6.89. The average Bonchev–Trinajstić information content (AvgIpc) is 3.10. The summed E-state index contributed by atoms with van der Waals surface area (Å²) in [6.45, 7) is 5.37. The molecule has 0 aliphatic carbocycles. The number of carbonyl (C=O) groups excluding carboxylic acids is 2. The fourth-order valence-corrected chi connectivity index (χ4v) is 6.62. The Morgan fingerprint density at radius 3 is 0.792 bits per heavy atom. The van der Waals surface area contributed by atoms with Gasteiger partial charge in [0.2, 0.25) is 0 Å². The lowest BCUT2D eigenvalue weighted by atomic mass is 10.0. The molecule has 1 aromatic carbocycles. The molecule has 1 aromatic rings. The first-order chi connectivity index (χ1) is 23.7. The van der Waals surface area contributed by atoms with E-state index in [2.05, 4.69) is 13.8 Å². The summed E-state index contributed by atoms with van der Waals surface area (Å²) in [5, 5.41) is 0. The predicted molar refractivity (Wildman–Crippen MR) is 206 cm³/mol. The minimum atomic E-state index is -0.425. The first kappa shape index (κ1) is 44.2. The van der Waals surface area contributed by atoms with Gasteiger partial charge in [0, 0.05) is 0 Å². The summed E-state index contributed by atoms with van der Waals surface area (Å²) in [7, 11) is 0. The van der Waals surface area contributed by atoms with E-state index < -0.39 is 11.9 Å². The van der Waals surface area contributed by atoms with Crippen molar-refractivity contribution in [2.75, 3.05) is 13.2 Å². The predicted octanol–water partition coefficient (Wildman–Crippen LogP) is 14.5. The molecule has 0 aliphatic heterocycles. The fraction of sp³-hybridized carbons (Fsp3) is 0.818. The fourth-order valence-electron chi connectivity index (χ4n) is 6.62. The summed E-state index contributed by atoms with van der Waals surface area (Å²) in [4.78, 5) is 25.5. The largest absolute Gasteiger partial charge is 0.462 e. The van der Waals surface area contributed by atoms with Crippen LogP contribution in [0, 0.1) is 0 Å². The van der Waals surface area contributed by atoms with Crippen LogP contribution >= 0.6 is 0 Å². The Bertz CT molecular complexity index is 781. The molecule has 4 nitrogen and oxygen atoms in total. The van der Waals surface area contributed by atoms with Crippen molar-refractivity contribution in [3.8, 4) is 0 Å². The van der Waals surface area contributed by atoms with Crippen LogP contribution < -0.4 is 0 Å². The molecule has 0 N–H and O–H groups in total. The van der Waals surface area contributed by atoms with E-state index in [1.54, 1.807) is 24.3 Å². The lowest BCUT2D eigenvalue weighted by molar-refractivity contribution is 0.0450. The minimum absolute atomic E-state index is 0.311. The summed E-state index contributed by atoms with van der Waals surface area (Å²) < 4.78 is 11.1. The van der Waals surface area contributed by atoms with Crippen LogP contribution in [0.2, 0.25) is 0 Å². The molecule has 0 radical (unpaired) electrons. The van der Waals surface area contributed by atoms with Crippen LogP contribution in [0.15, 0.2) is 24.3 Å². The van der Waals surface area contributed by atoms with Crippen LogP contribution in [0.25, 0.3) is 0 Å². The van der Waals surface area contributed by atoms with Gasteiger partial charge in [-0.1, -0.05) is 219 Å². The third kappa shape index (κ3) is 27.0. The van der Waals surface area contributed by atoms with Gasteiger partial charge in [-0.05, 0) is 25.0 Å². The molecule has 0 atom stereocenters. The lowest BCUT2D eigenvalue weighted by Gasteiger charge is -2.10. The summed E-state index contributed by atoms with van der Waals surface area (Å²) in [6.07, 6.45) is 42.1. The van der Waals surface area contributed by atoms with E-state index in [4.69, 9.17) is 9.47 Å². The molecule has 278 valence electrons. The van der Waals surface area contributed by atoms with Gasteiger partial charge >= 0.3 is 11.9 Å². The third-order valence-electron chi connectivity index (χ3n) is 9.83. The molecule has 0 saturated carbocycles. The Balaban J connectivity index is 1.99. The van der Waals surface area contributed by atoms with Gasteiger partial charge in [0.25, 0.3) is 0 Å². The number of hydrogen-bond donors (Lipinski definition) is 0. The van der Waals surface area contributed by atoms with Crippen molar-refractivity contribution >= 4 is 11.9 Å². The molecule has 0 amide bonds. The molecule has 0 fully saturated rings. The number of carbonyl (C=O) groups is 2. The molecule has 0 unspecified atom stereocenters. The zero-order valence-electron chi connectivity index (χ0n) is 32.0. The molecule has 48 heavy (non-hydrogen) atoms. The Labute approximate surface area is 298 Å². The van der Waals surface area contributed by atoms with Gasteiger partial charge in [-0.25, -0.2) is 9.59 Å². The maximum atomic E-state index is 12.7. The van der Waals surface area contributed by atoms with Crippen LogP contribution in [0.4, 0.5) is 0 Å². The van der Waals surface area contributed by atoms with Crippen molar-refractivity contribution in [1.29, 1.82) is 0 Å². The molecule has 0 aromatic heterocycles. The van der Waals surface area contributed by atoms with Gasteiger partial charge in [0.15, 0.2) is 0 Å². The number of rotatable bonds is 36. The van der Waals surface area contributed by atoms with Gasteiger partial charge < -0.3 is 9.47 Å². The zero-order valence-corrected chi connectivity index (χ0v) is 32.0. The van der Waals surface area contributed by atoms with Crippen molar-refractivity contribution in [2.24, 2.45) is 0 Å². The number of esters is 2. The van der Waals surface area contributed by atoms with Gasteiger partial charge in [-0.15, -0.1) is 0 Å². The number of hydrogen-bond acceptors (Lipinski definition) is 4. The topological polar surface area (TPSA) is 52.6 Å². The third-order valence-corrected chi connectivity index (χ3v) is 9.83. The van der Waals surface area contributed by atoms with Crippen molar-refractivity contribution in [3.63, 3.8) is 0 Å². The number of benzene rings is 1. The standard InChI is InChI=1S/C44H78O4/c1-3-5-7-9-11-13-15-17-19-21-23-25-27-29-31-35-39-47-43(45)41-37-33-34-38-42(41)44(46)48-40-36-32-30-28-26-24-22-20-18-16-14-12-10-8-6-4-2/h33-34,37-38H,3-32,35-36,39-40H2,1-2H3. The second kappa shape index (κ2) is 35.0. The van der Waals surface area contributed by atoms with E-state index in [1.165, 1.54) is 180 Å². The van der Waals surface area contributed by atoms with Crippen molar-refractivity contribution in [1.82, 2.24) is 0 Å². The van der Waals surface area contributed by atoms with E-state index >= 15 is 0 Å². The monoisotopic (exact) mass is 671 g/mol.